The maximum Gasteiger partial charge on any atom is 0.229 e. The molecule has 0 aromatic carbocycles. The van der Waals surface area contributed by atoms with E-state index >= 15 is 0 Å². The molecule has 6 nitrogen and oxygen atoms in total. The van der Waals surface area contributed by atoms with Gasteiger partial charge in [-0.3, -0.25) is 4.79 Å². The van der Waals surface area contributed by atoms with Crippen molar-refractivity contribution in [2.45, 2.75) is 6.42 Å². The van der Waals surface area contributed by atoms with E-state index in [1.807, 2.05) is 4.90 Å². The molecule has 1 aliphatic rings. The van der Waals surface area contributed by atoms with Gasteiger partial charge in [0.2, 0.25) is 11.0 Å². The van der Waals surface area contributed by atoms with Crippen LogP contribution in [-0.2, 0) is 11.2 Å². The van der Waals surface area contributed by atoms with Crippen molar-refractivity contribution in [1.29, 1.82) is 0 Å². The molecule has 3 N–H and O–H groups in total. The Balaban J connectivity index is 1.91. The minimum absolute atomic E-state index is 0.104. The van der Waals surface area contributed by atoms with Gasteiger partial charge in [0.1, 0.15) is 5.01 Å². The first kappa shape index (κ1) is 10.3. The third kappa shape index (κ3) is 2.63. The van der Waals surface area contributed by atoms with Crippen molar-refractivity contribution < 1.29 is 4.79 Å². The number of aromatic nitrogens is 2. The largest absolute Gasteiger partial charge is 0.374 e. The Kier molecular flexibility index (Phi) is 3.12. The van der Waals surface area contributed by atoms with Gasteiger partial charge in [0.25, 0.3) is 0 Å². The van der Waals surface area contributed by atoms with E-state index in [9.17, 15) is 4.79 Å². The number of nitrogens with two attached hydrogens (primary N) is 1. The second kappa shape index (κ2) is 4.54. The van der Waals surface area contributed by atoms with Gasteiger partial charge in [0.15, 0.2) is 0 Å². The average molecular weight is 227 g/mol. The first-order valence-electron chi connectivity index (χ1n) is 4.82. The Hall–Kier alpha value is -1.21. The predicted octanol–water partition coefficient (Wildman–Crippen LogP) is -0.905. The van der Waals surface area contributed by atoms with Crippen LogP contribution in [0.1, 0.15) is 5.01 Å². The number of rotatable bonds is 2. The Morgan fingerprint density at radius 1 is 1.47 bits per heavy atom. The molecule has 7 heteroatoms. The SMILES string of the molecule is Nc1nnc(CC(=O)N2CCNCC2)s1. The van der Waals surface area contributed by atoms with E-state index in [1.54, 1.807) is 0 Å². The summed E-state index contributed by atoms with van der Waals surface area (Å²) in [5.74, 6) is 0.104. The Morgan fingerprint density at radius 2 is 2.20 bits per heavy atom. The Morgan fingerprint density at radius 3 is 2.80 bits per heavy atom. The van der Waals surface area contributed by atoms with Crippen LogP contribution in [0.2, 0.25) is 0 Å². The summed E-state index contributed by atoms with van der Waals surface area (Å²) in [7, 11) is 0. The van der Waals surface area contributed by atoms with Gasteiger partial charge in [-0.05, 0) is 0 Å². The molecule has 1 aliphatic heterocycles. The highest BCUT2D eigenvalue weighted by Gasteiger charge is 2.17. The van der Waals surface area contributed by atoms with Crippen molar-refractivity contribution in [3.8, 4) is 0 Å². The number of carbonyl (C=O) groups is 1. The number of piperazine rings is 1. The normalized spacial score (nSPS) is 16.7. The quantitative estimate of drug-likeness (QED) is 0.683. The molecule has 0 radical (unpaired) electrons. The fourth-order valence-corrected chi connectivity index (χ4v) is 2.09. The molecule has 2 rings (SSSR count). The van der Waals surface area contributed by atoms with Crippen LogP contribution in [0.3, 0.4) is 0 Å². The summed E-state index contributed by atoms with van der Waals surface area (Å²) in [6, 6.07) is 0. The van der Waals surface area contributed by atoms with Crippen LogP contribution in [0.5, 0.6) is 0 Å². The summed E-state index contributed by atoms with van der Waals surface area (Å²) in [5, 5.41) is 11.8. The first-order chi connectivity index (χ1) is 7.25. The van der Waals surface area contributed by atoms with Crippen molar-refractivity contribution in [3.05, 3.63) is 5.01 Å². The molecular formula is C8H13N5OS. The molecule has 1 amide bonds. The lowest BCUT2D eigenvalue weighted by atomic mass is 10.3. The van der Waals surface area contributed by atoms with E-state index in [2.05, 4.69) is 15.5 Å². The van der Waals surface area contributed by atoms with Crippen LogP contribution in [0, 0.1) is 0 Å². The topological polar surface area (TPSA) is 84.1 Å². The van der Waals surface area contributed by atoms with Gasteiger partial charge in [-0.25, -0.2) is 0 Å². The molecule has 15 heavy (non-hydrogen) atoms. The monoisotopic (exact) mass is 227 g/mol. The summed E-state index contributed by atoms with van der Waals surface area (Å²) < 4.78 is 0. The van der Waals surface area contributed by atoms with E-state index in [-0.39, 0.29) is 5.91 Å². The van der Waals surface area contributed by atoms with Crippen molar-refractivity contribution >= 4 is 22.4 Å². The zero-order chi connectivity index (χ0) is 10.7. The maximum absolute atomic E-state index is 11.8. The fourth-order valence-electron chi connectivity index (χ4n) is 1.49. The van der Waals surface area contributed by atoms with E-state index in [1.165, 1.54) is 11.3 Å². The van der Waals surface area contributed by atoms with Crippen LogP contribution < -0.4 is 11.1 Å². The van der Waals surface area contributed by atoms with Gasteiger partial charge in [0.05, 0.1) is 6.42 Å². The molecule has 0 saturated carbocycles. The minimum atomic E-state index is 0.104. The van der Waals surface area contributed by atoms with E-state index < -0.39 is 0 Å². The van der Waals surface area contributed by atoms with E-state index in [4.69, 9.17) is 5.73 Å². The molecule has 2 heterocycles. The van der Waals surface area contributed by atoms with Crippen LogP contribution >= 0.6 is 11.3 Å². The number of hydrogen-bond acceptors (Lipinski definition) is 6. The molecule has 1 aromatic rings. The van der Waals surface area contributed by atoms with Gasteiger partial charge in [-0.2, -0.15) is 0 Å². The van der Waals surface area contributed by atoms with Gasteiger partial charge in [-0.1, -0.05) is 11.3 Å². The molecular weight excluding hydrogens is 214 g/mol. The third-order valence-electron chi connectivity index (χ3n) is 2.25. The maximum atomic E-state index is 11.8. The van der Waals surface area contributed by atoms with Crippen molar-refractivity contribution in [3.63, 3.8) is 0 Å². The summed E-state index contributed by atoms with van der Waals surface area (Å²) in [4.78, 5) is 13.6. The third-order valence-corrected chi connectivity index (χ3v) is 3.01. The van der Waals surface area contributed by atoms with Crippen molar-refractivity contribution in [2.75, 3.05) is 31.9 Å². The van der Waals surface area contributed by atoms with E-state index in [0.717, 1.165) is 26.2 Å². The fraction of sp³-hybridized carbons (Fsp3) is 0.625. The number of anilines is 1. The van der Waals surface area contributed by atoms with Gasteiger partial charge >= 0.3 is 0 Å². The highest BCUT2D eigenvalue weighted by molar-refractivity contribution is 7.15. The number of hydrogen-bond donors (Lipinski definition) is 2. The standard InChI is InChI=1S/C8H13N5OS/c9-8-12-11-6(15-8)5-7(14)13-3-1-10-2-4-13/h10H,1-5H2,(H2,9,12). The number of amides is 1. The molecule has 1 saturated heterocycles. The molecule has 0 aliphatic carbocycles. The van der Waals surface area contributed by atoms with Crippen LogP contribution in [0.4, 0.5) is 5.13 Å². The minimum Gasteiger partial charge on any atom is -0.374 e. The van der Waals surface area contributed by atoms with Crippen LogP contribution in [-0.4, -0.2) is 47.2 Å². The number of nitrogens with one attached hydrogen (secondary N) is 1. The van der Waals surface area contributed by atoms with Crippen LogP contribution in [0.25, 0.3) is 0 Å². The van der Waals surface area contributed by atoms with Gasteiger partial charge in [0, 0.05) is 26.2 Å². The van der Waals surface area contributed by atoms with Crippen molar-refractivity contribution in [1.82, 2.24) is 20.4 Å². The summed E-state index contributed by atoms with van der Waals surface area (Å²) in [5.41, 5.74) is 5.44. The highest BCUT2D eigenvalue weighted by atomic mass is 32.1. The van der Waals surface area contributed by atoms with Gasteiger partial charge < -0.3 is 16.0 Å². The molecule has 0 spiro atoms. The van der Waals surface area contributed by atoms with E-state index in [0.29, 0.717) is 16.6 Å². The Labute approximate surface area is 91.5 Å². The molecule has 0 bridgehead atoms. The van der Waals surface area contributed by atoms with Crippen LogP contribution in [0.15, 0.2) is 0 Å². The lowest BCUT2D eigenvalue weighted by Crippen LogP contribution is -2.46. The average Bonchev–Trinajstić information content (AvgIpc) is 2.65. The number of nitrogen functional groups attached to an aromatic ring is 1. The first-order valence-corrected chi connectivity index (χ1v) is 5.64. The molecule has 0 atom stereocenters. The Bertz CT molecular complexity index is 347. The smallest absolute Gasteiger partial charge is 0.229 e. The summed E-state index contributed by atoms with van der Waals surface area (Å²) in [6.07, 6.45) is 0.314. The molecule has 0 unspecified atom stereocenters. The summed E-state index contributed by atoms with van der Waals surface area (Å²) in [6.45, 7) is 3.27. The molecule has 1 fully saturated rings. The number of carbonyl (C=O) groups excluding carboxylic acids is 1. The highest BCUT2D eigenvalue weighted by Crippen LogP contribution is 2.12. The lowest BCUT2D eigenvalue weighted by Gasteiger charge is -2.27. The predicted molar refractivity (Wildman–Crippen MR) is 57.5 cm³/mol. The van der Waals surface area contributed by atoms with Crippen molar-refractivity contribution in [2.24, 2.45) is 0 Å². The number of nitrogens with zero attached hydrogens (tertiary/aromatic N) is 3. The second-order valence-corrected chi connectivity index (χ2v) is 4.44. The lowest BCUT2D eigenvalue weighted by molar-refractivity contribution is -0.131. The summed E-state index contributed by atoms with van der Waals surface area (Å²) >= 11 is 1.27. The molecule has 1 aromatic heterocycles. The van der Waals surface area contributed by atoms with Gasteiger partial charge in [-0.15, -0.1) is 10.2 Å². The second-order valence-electron chi connectivity index (χ2n) is 3.34. The zero-order valence-electron chi connectivity index (χ0n) is 8.27. The molecule has 82 valence electrons. The zero-order valence-corrected chi connectivity index (χ0v) is 9.09.